The van der Waals surface area contributed by atoms with Crippen LogP contribution in [0, 0.1) is 11.3 Å². The lowest BCUT2D eigenvalue weighted by Gasteiger charge is -1.93. The van der Waals surface area contributed by atoms with Gasteiger partial charge in [-0.1, -0.05) is 0 Å². The Balaban J connectivity index is 3.48. The van der Waals surface area contributed by atoms with E-state index in [0.717, 1.165) is 0 Å². The van der Waals surface area contributed by atoms with Gasteiger partial charge in [0.1, 0.15) is 17.3 Å². The molecule has 0 spiro atoms. The van der Waals surface area contributed by atoms with E-state index in [1.165, 1.54) is 6.07 Å². The minimum atomic E-state index is -0.769. The Morgan fingerprint density at radius 2 is 1.89 bits per heavy atom. The van der Waals surface area contributed by atoms with Gasteiger partial charge in [-0.2, -0.15) is 5.26 Å². The first-order valence-electron chi connectivity index (χ1n) is 2.17. The van der Waals surface area contributed by atoms with Gasteiger partial charge < -0.3 is 5.73 Å². The molecule has 44 valence electrons. The quantitative estimate of drug-likeness (QED) is 0.435. The fourth-order valence-corrected chi connectivity index (χ4v) is 0.520. The topological polar surface area (TPSA) is 83.9 Å². The van der Waals surface area contributed by atoms with Gasteiger partial charge in [-0.25, -0.2) is 0 Å². The largest absolute Gasteiger partial charge is 0.394 e. The number of hydrogen-bond acceptors (Lipinski definition) is 4. The van der Waals surface area contributed by atoms with E-state index in [4.69, 9.17) is 11.0 Å². The van der Waals surface area contributed by atoms with Crippen molar-refractivity contribution < 1.29 is 0 Å². The number of nitrogen functional groups attached to an aromatic ring is 1. The van der Waals surface area contributed by atoms with Crippen LogP contribution in [0.2, 0.25) is 0 Å². The summed E-state index contributed by atoms with van der Waals surface area (Å²) in [4.78, 5) is 20.5. The predicted molar refractivity (Wildman–Crippen MR) is 30.5 cm³/mol. The van der Waals surface area contributed by atoms with E-state index in [1.807, 2.05) is 0 Å². The van der Waals surface area contributed by atoms with Crippen molar-refractivity contribution in [1.82, 2.24) is 0 Å². The van der Waals surface area contributed by atoms with E-state index in [2.05, 4.69) is 0 Å². The Morgan fingerprint density at radius 3 is 2.11 bits per heavy atom. The first kappa shape index (κ1) is 5.51. The van der Waals surface area contributed by atoms with E-state index in [0.29, 0.717) is 0 Å². The molecule has 0 radical (unpaired) electrons. The molecule has 0 saturated heterocycles. The third-order valence-electron chi connectivity index (χ3n) is 1.06. The van der Waals surface area contributed by atoms with Crippen molar-refractivity contribution in [2.75, 3.05) is 5.73 Å². The Hall–Kier alpha value is -1.63. The van der Waals surface area contributed by atoms with Crippen LogP contribution in [0.1, 0.15) is 5.56 Å². The number of rotatable bonds is 0. The van der Waals surface area contributed by atoms with Crippen LogP contribution < -0.4 is 16.6 Å². The van der Waals surface area contributed by atoms with Crippen molar-refractivity contribution in [2.45, 2.75) is 0 Å². The molecule has 0 aliphatic carbocycles. The molecule has 0 aromatic heterocycles. The van der Waals surface area contributed by atoms with Crippen LogP contribution in [0.5, 0.6) is 0 Å². The molecule has 0 unspecified atom stereocenters. The van der Waals surface area contributed by atoms with E-state index in [-0.39, 0.29) is 11.3 Å². The smallest absolute Gasteiger partial charge is 0.251 e. The molecule has 1 aromatic rings. The maximum absolute atomic E-state index is 10.3. The van der Waals surface area contributed by atoms with Gasteiger partial charge in [0.15, 0.2) is 0 Å². The average Bonchev–Trinajstić information content (AvgIpc) is 1.89. The highest BCUT2D eigenvalue weighted by Gasteiger charge is 2.16. The zero-order chi connectivity index (χ0) is 7.02. The number of hydrogen-bond donors (Lipinski definition) is 1. The fraction of sp³-hybridized carbons (Fsp3) is 0. The lowest BCUT2D eigenvalue weighted by atomic mass is 10.1. The average molecular weight is 122 g/mol. The Kier molecular flexibility index (Phi) is 0.869. The molecule has 0 aliphatic heterocycles. The van der Waals surface area contributed by atoms with Gasteiger partial charge >= 0.3 is 0 Å². The lowest BCUT2D eigenvalue weighted by molar-refractivity contribution is 1.35. The van der Waals surface area contributed by atoms with E-state index in [1.54, 1.807) is 0 Å². The Bertz CT molecular complexity index is 351. The summed E-state index contributed by atoms with van der Waals surface area (Å²) in [6, 6.07) is 1.52. The lowest BCUT2D eigenvalue weighted by Crippen LogP contribution is -2.36. The van der Waals surface area contributed by atoms with Gasteiger partial charge in [-0.15, -0.1) is 0 Å². The molecule has 4 nitrogen and oxygen atoms in total. The molecule has 0 fully saturated rings. The van der Waals surface area contributed by atoms with Gasteiger partial charge in [0.05, 0.1) is 0 Å². The number of nitrogens with two attached hydrogens (primary N) is 1. The van der Waals surface area contributed by atoms with Gasteiger partial charge in [0, 0.05) is 0 Å². The summed E-state index contributed by atoms with van der Waals surface area (Å²) in [5, 5.41) is 8.08. The number of nitrogens with zero attached hydrogens (tertiary/aromatic N) is 1. The molecular formula is C5H2N2O2. The summed E-state index contributed by atoms with van der Waals surface area (Å²) in [5.74, 6) is 0. The minimum Gasteiger partial charge on any atom is -0.394 e. The monoisotopic (exact) mass is 122 g/mol. The zero-order valence-electron chi connectivity index (χ0n) is 4.34. The molecule has 9 heavy (non-hydrogen) atoms. The summed E-state index contributed by atoms with van der Waals surface area (Å²) >= 11 is 0. The van der Waals surface area contributed by atoms with Crippen molar-refractivity contribution in [3.63, 3.8) is 0 Å². The number of nitriles is 1. The van der Waals surface area contributed by atoms with Crippen LogP contribution in [-0.4, -0.2) is 0 Å². The third kappa shape index (κ3) is 0.454. The minimum absolute atomic E-state index is 0.206. The van der Waals surface area contributed by atoms with Crippen molar-refractivity contribution in [3.05, 3.63) is 26.0 Å². The highest BCUT2D eigenvalue weighted by atomic mass is 16.2. The van der Waals surface area contributed by atoms with E-state index < -0.39 is 10.9 Å². The SMILES string of the molecule is N#Cc1c(N)c(=O)c1=O. The molecule has 0 saturated carbocycles. The predicted octanol–water partition coefficient (Wildman–Crippen LogP) is -1.26. The second-order valence-corrected chi connectivity index (χ2v) is 1.56. The maximum atomic E-state index is 10.3. The van der Waals surface area contributed by atoms with Crippen LogP contribution in [0.3, 0.4) is 0 Å². The summed E-state index contributed by atoms with van der Waals surface area (Å²) < 4.78 is 0. The molecule has 1 rings (SSSR count). The van der Waals surface area contributed by atoms with Gasteiger partial charge in [0.2, 0.25) is 5.43 Å². The van der Waals surface area contributed by atoms with Crippen LogP contribution in [0.15, 0.2) is 9.59 Å². The van der Waals surface area contributed by atoms with Crippen molar-refractivity contribution in [3.8, 4) is 6.07 Å². The normalized spacial score (nSPS) is 9.22. The van der Waals surface area contributed by atoms with Crippen molar-refractivity contribution >= 4 is 5.69 Å². The molecular weight excluding hydrogens is 120 g/mol. The Morgan fingerprint density at radius 1 is 1.33 bits per heavy atom. The molecule has 0 heterocycles. The van der Waals surface area contributed by atoms with Crippen LogP contribution in [0.25, 0.3) is 0 Å². The summed E-state index contributed by atoms with van der Waals surface area (Å²) in [7, 11) is 0. The molecule has 2 N–H and O–H groups in total. The van der Waals surface area contributed by atoms with Gasteiger partial charge in [0.25, 0.3) is 5.43 Å². The van der Waals surface area contributed by atoms with Crippen molar-refractivity contribution in [2.24, 2.45) is 0 Å². The molecule has 0 amide bonds. The van der Waals surface area contributed by atoms with E-state index >= 15 is 0 Å². The molecule has 1 aromatic carbocycles. The Labute approximate surface area is 49.8 Å². The third-order valence-corrected chi connectivity index (χ3v) is 1.06. The van der Waals surface area contributed by atoms with E-state index in [9.17, 15) is 9.59 Å². The first-order chi connectivity index (χ1) is 4.18. The molecule has 0 aliphatic rings. The standard InChI is InChI=1S/C5H2N2O2/c6-1-2-3(7)5(9)4(2)8/h7H2. The van der Waals surface area contributed by atoms with Crippen molar-refractivity contribution in [1.29, 1.82) is 5.26 Å². The molecule has 0 atom stereocenters. The summed E-state index contributed by atoms with van der Waals surface area (Å²) in [6.45, 7) is 0. The fourth-order valence-electron chi connectivity index (χ4n) is 0.520. The summed E-state index contributed by atoms with van der Waals surface area (Å²) in [6.07, 6.45) is 0. The van der Waals surface area contributed by atoms with Gasteiger partial charge in [-0.3, -0.25) is 9.59 Å². The zero-order valence-corrected chi connectivity index (χ0v) is 4.34. The second-order valence-electron chi connectivity index (χ2n) is 1.56. The highest BCUT2D eigenvalue weighted by molar-refractivity contribution is 5.58. The van der Waals surface area contributed by atoms with Crippen LogP contribution in [0.4, 0.5) is 5.69 Å². The summed E-state index contributed by atoms with van der Waals surface area (Å²) in [5.41, 5.74) is 3.03. The van der Waals surface area contributed by atoms with Crippen LogP contribution >= 0.6 is 0 Å². The second kappa shape index (κ2) is 1.42. The first-order valence-corrected chi connectivity index (χ1v) is 2.17. The molecule has 0 bridgehead atoms. The van der Waals surface area contributed by atoms with Gasteiger partial charge in [-0.05, 0) is 0 Å². The number of anilines is 1. The maximum Gasteiger partial charge on any atom is 0.251 e. The molecule has 4 heteroatoms. The van der Waals surface area contributed by atoms with Crippen LogP contribution in [-0.2, 0) is 0 Å². The highest BCUT2D eigenvalue weighted by Crippen LogP contribution is 1.96.